The molecule has 0 fully saturated rings. The molecule has 1 aromatic rings. The lowest BCUT2D eigenvalue weighted by molar-refractivity contribution is 0.622. The molecule has 0 aliphatic heterocycles. The van der Waals surface area contributed by atoms with Crippen molar-refractivity contribution in [2.45, 2.75) is 0 Å². The summed E-state index contributed by atoms with van der Waals surface area (Å²) in [5.41, 5.74) is 0.320. The molecule has 1 rings (SSSR count). The minimum Gasteiger partial charge on any atom is -0.238 e. The van der Waals surface area contributed by atoms with E-state index >= 15 is 0 Å². The van der Waals surface area contributed by atoms with Crippen LogP contribution in [0.5, 0.6) is 0 Å². The first-order valence-electron chi connectivity index (χ1n) is 2.56. The van der Waals surface area contributed by atoms with E-state index in [1.165, 1.54) is 12.1 Å². The van der Waals surface area contributed by atoms with Gasteiger partial charge in [0.15, 0.2) is 5.69 Å². The van der Waals surface area contributed by atoms with E-state index in [0.29, 0.717) is 10.2 Å². The summed E-state index contributed by atoms with van der Waals surface area (Å²) in [7, 11) is 0. The summed E-state index contributed by atoms with van der Waals surface area (Å²) < 4.78 is 13.0. The van der Waals surface area contributed by atoms with Gasteiger partial charge in [-0.2, -0.15) is 0 Å². The van der Waals surface area contributed by atoms with Gasteiger partial charge in [0.2, 0.25) is 0 Å². The molecule has 0 amide bonds. The fourth-order valence-corrected chi connectivity index (χ4v) is 0.801. The Kier molecular flexibility index (Phi) is 2.03. The van der Waals surface area contributed by atoms with E-state index in [1.54, 1.807) is 6.07 Å². The van der Waals surface area contributed by atoms with Gasteiger partial charge in [-0.3, -0.25) is 0 Å². The van der Waals surface area contributed by atoms with Crippen LogP contribution in [0.25, 0.3) is 4.85 Å². The number of nitrogens with zero attached hydrogens (tertiary/aromatic N) is 1. The van der Waals surface area contributed by atoms with Crippen LogP contribution in [0, 0.1) is 12.4 Å². The summed E-state index contributed by atoms with van der Waals surface area (Å²) >= 11 is 2.98. The maximum atomic E-state index is 12.6. The van der Waals surface area contributed by atoms with Crippen molar-refractivity contribution in [3.8, 4) is 0 Å². The smallest absolute Gasteiger partial charge is 0.190 e. The minimum absolute atomic E-state index is 0.320. The molecule has 0 aliphatic carbocycles. The standard InChI is InChI=1S/C7H3BrFN/c1-10-5-2-3-6(8)7(9)4-5/h2-4H. The SMILES string of the molecule is [C-]#[N+]c1ccc(Br)c(F)c1. The van der Waals surface area contributed by atoms with Crippen LogP contribution in [-0.4, -0.2) is 0 Å². The van der Waals surface area contributed by atoms with E-state index in [0.717, 1.165) is 0 Å². The van der Waals surface area contributed by atoms with Crippen LogP contribution >= 0.6 is 15.9 Å². The van der Waals surface area contributed by atoms with Crippen molar-refractivity contribution in [2.24, 2.45) is 0 Å². The molecular weight excluding hydrogens is 197 g/mol. The average molecular weight is 200 g/mol. The third-order valence-corrected chi connectivity index (χ3v) is 1.68. The molecule has 10 heavy (non-hydrogen) atoms. The first-order valence-corrected chi connectivity index (χ1v) is 3.36. The Labute approximate surface area is 66.4 Å². The van der Waals surface area contributed by atoms with Gasteiger partial charge >= 0.3 is 0 Å². The minimum atomic E-state index is -0.395. The van der Waals surface area contributed by atoms with E-state index in [9.17, 15) is 4.39 Å². The van der Waals surface area contributed by atoms with Crippen molar-refractivity contribution in [3.63, 3.8) is 0 Å². The van der Waals surface area contributed by atoms with Crippen molar-refractivity contribution >= 4 is 21.6 Å². The lowest BCUT2D eigenvalue weighted by atomic mass is 10.3. The fraction of sp³-hybridized carbons (Fsp3) is 0. The van der Waals surface area contributed by atoms with Gasteiger partial charge in [0.1, 0.15) is 5.82 Å². The normalized spacial score (nSPS) is 8.90. The van der Waals surface area contributed by atoms with E-state index in [1.807, 2.05) is 0 Å². The summed E-state index contributed by atoms with van der Waals surface area (Å²) in [5.74, 6) is -0.395. The summed E-state index contributed by atoms with van der Waals surface area (Å²) in [6, 6.07) is 4.26. The van der Waals surface area contributed by atoms with Crippen LogP contribution < -0.4 is 0 Å². The number of halogens is 2. The number of hydrogen-bond donors (Lipinski definition) is 0. The van der Waals surface area contributed by atoms with Gasteiger partial charge in [0.25, 0.3) is 0 Å². The van der Waals surface area contributed by atoms with Crippen molar-refractivity contribution in [2.75, 3.05) is 0 Å². The number of benzene rings is 1. The van der Waals surface area contributed by atoms with Crippen LogP contribution in [0.2, 0.25) is 0 Å². The molecule has 50 valence electrons. The molecule has 0 saturated heterocycles. The van der Waals surface area contributed by atoms with Crippen molar-refractivity contribution in [1.82, 2.24) is 0 Å². The Bertz CT molecular complexity index is 290. The zero-order valence-corrected chi connectivity index (χ0v) is 6.52. The van der Waals surface area contributed by atoms with Crippen LogP contribution in [0.15, 0.2) is 22.7 Å². The highest BCUT2D eigenvalue weighted by Crippen LogP contribution is 2.20. The van der Waals surface area contributed by atoms with Gasteiger partial charge in [0, 0.05) is 0 Å². The lowest BCUT2D eigenvalue weighted by Crippen LogP contribution is -1.72. The molecule has 3 heteroatoms. The van der Waals surface area contributed by atoms with Gasteiger partial charge in [-0.1, -0.05) is 12.1 Å². The summed E-state index contributed by atoms with van der Waals surface area (Å²) in [4.78, 5) is 3.06. The molecule has 0 heterocycles. The quantitative estimate of drug-likeness (QED) is 0.566. The van der Waals surface area contributed by atoms with E-state index in [2.05, 4.69) is 20.8 Å². The predicted molar refractivity (Wildman–Crippen MR) is 40.4 cm³/mol. The Morgan fingerprint density at radius 3 is 2.70 bits per heavy atom. The second-order valence-electron chi connectivity index (χ2n) is 1.71. The van der Waals surface area contributed by atoms with Gasteiger partial charge in [-0.15, -0.1) is 0 Å². The van der Waals surface area contributed by atoms with E-state index < -0.39 is 5.82 Å². The highest BCUT2D eigenvalue weighted by atomic mass is 79.9. The number of rotatable bonds is 0. The zero-order valence-electron chi connectivity index (χ0n) is 4.94. The lowest BCUT2D eigenvalue weighted by Gasteiger charge is -1.91. The van der Waals surface area contributed by atoms with Crippen LogP contribution in [0.3, 0.4) is 0 Å². The van der Waals surface area contributed by atoms with Gasteiger partial charge in [-0.25, -0.2) is 9.24 Å². The van der Waals surface area contributed by atoms with Crippen molar-refractivity contribution in [1.29, 1.82) is 0 Å². The monoisotopic (exact) mass is 199 g/mol. The Balaban J connectivity index is 3.20. The summed E-state index contributed by atoms with van der Waals surface area (Å²) in [6.45, 7) is 6.55. The molecule has 1 nitrogen and oxygen atoms in total. The Morgan fingerprint density at radius 1 is 1.50 bits per heavy atom. The van der Waals surface area contributed by atoms with E-state index in [-0.39, 0.29) is 0 Å². The molecule has 0 saturated carbocycles. The Hall–Kier alpha value is -0.880. The van der Waals surface area contributed by atoms with Crippen molar-refractivity contribution < 1.29 is 4.39 Å². The molecular formula is C7H3BrFN. The maximum Gasteiger partial charge on any atom is 0.190 e. The number of hydrogen-bond acceptors (Lipinski definition) is 0. The molecule has 0 N–H and O–H groups in total. The second kappa shape index (κ2) is 2.80. The van der Waals surface area contributed by atoms with Crippen LogP contribution in [0.1, 0.15) is 0 Å². The second-order valence-corrected chi connectivity index (χ2v) is 2.56. The largest absolute Gasteiger partial charge is 0.238 e. The van der Waals surface area contributed by atoms with Gasteiger partial charge in [-0.05, 0) is 22.0 Å². The third kappa shape index (κ3) is 1.34. The molecule has 1 aromatic carbocycles. The van der Waals surface area contributed by atoms with Crippen LogP contribution in [0.4, 0.5) is 10.1 Å². The maximum absolute atomic E-state index is 12.6. The predicted octanol–water partition coefficient (Wildman–Crippen LogP) is 3.14. The summed E-state index contributed by atoms with van der Waals surface area (Å²) in [5, 5.41) is 0. The molecule has 0 aromatic heterocycles. The van der Waals surface area contributed by atoms with Crippen LogP contribution in [-0.2, 0) is 0 Å². The molecule has 0 radical (unpaired) electrons. The Morgan fingerprint density at radius 2 is 2.20 bits per heavy atom. The molecule has 0 spiro atoms. The van der Waals surface area contributed by atoms with Crippen molar-refractivity contribution in [3.05, 3.63) is 39.9 Å². The van der Waals surface area contributed by atoms with Gasteiger partial charge < -0.3 is 0 Å². The fourth-order valence-electron chi connectivity index (χ4n) is 0.555. The topological polar surface area (TPSA) is 4.36 Å². The first kappa shape index (κ1) is 7.23. The molecule has 0 atom stereocenters. The summed E-state index contributed by atoms with van der Waals surface area (Å²) in [6.07, 6.45) is 0. The van der Waals surface area contributed by atoms with Gasteiger partial charge in [0.05, 0.1) is 11.0 Å². The highest BCUT2D eigenvalue weighted by Gasteiger charge is 1.97. The zero-order chi connectivity index (χ0) is 7.56. The highest BCUT2D eigenvalue weighted by molar-refractivity contribution is 9.10. The molecule has 0 unspecified atom stereocenters. The molecule has 0 bridgehead atoms. The molecule has 0 aliphatic rings. The van der Waals surface area contributed by atoms with E-state index in [4.69, 9.17) is 6.57 Å². The first-order chi connectivity index (χ1) is 4.74. The average Bonchev–Trinajstić information content (AvgIpc) is 1.95. The third-order valence-electron chi connectivity index (χ3n) is 1.03.